The van der Waals surface area contributed by atoms with Gasteiger partial charge in [-0.3, -0.25) is 19.0 Å². The third kappa shape index (κ3) is 5.24. The molecule has 0 saturated carbocycles. The second-order valence-electron chi connectivity index (χ2n) is 7.18. The largest absolute Gasteiger partial charge is 0.497 e. The maximum atomic E-state index is 13.3. The minimum atomic E-state index is -0.444. The van der Waals surface area contributed by atoms with Gasteiger partial charge >= 0.3 is 0 Å². The van der Waals surface area contributed by atoms with Crippen molar-refractivity contribution >= 4 is 18.1 Å². The van der Waals surface area contributed by atoms with Crippen molar-refractivity contribution in [3.8, 4) is 5.75 Å². The first kappa shape index (κ1) is 22.8. The van der Waals surface area contributed by atoms with Gasteiger partial charge in [-0.1, -0.05) is 42.5 Å². The van der Waals surface area contributed by atoms with Gasteiger partial charge in [0.15, 0.2) is 0 Å². The smallest absolute Gasteiger partial charge is 0.275 e. The Kier molecular flexibility index (Phi) is 7.44. The van der Waals surface area contributed by atoms with Gasteiger partial charge in [-0.15, -0.1) is 0 Å². The number of methoxy groups -OCH3 is 1. The highest BCUT2D eigenvalue weighted by molar-refractivity contribution is 5.76. The zero-order valence-electron chi connectivity index (χ0n) is 18.5. The van der Waals surface area contributed by atoms with E-state index in [0.29, 0.717) is 18.8 Å². The van der Waals surface area contributed by atoms with Crippen LogP contribution < -0.4 is 26.6 Å². The molecule has 0 bridgehead atoms. The molecule has 1 heterocycles. The van der Waals surface area contributed by atoms with Crippen LogP contribution in [0.25, 0.3) is 12.2 Å². The number of hydrogen-bond acceptors (Lipinski definition) is 4. The average molecular weight is 434 g/mol. The Labute approximate surface area is 185 Å². The molecule has 0 saturated heterocycles. The lowest BCUT2D eigenvalue weighted by Crippen LogP contribution is -2.55. The molecule has 7 nitrogen and oxygen atoms in total. The normalized spacial score (nSPS) is 12.1. The number of H-pyrrole nitrogens is 1. The Morgan fingerprint density at radius 3 is 2.19 bits per heavy atom. The van der Waals surface area contributed by atoms with Crippen molar-refractivity contribution in [1.29, 1.82) is 0 Å². The lowest BCUT2D eigenvalue weighted by Gasteiger charge is -2.19. The van der Waals surface area contributed by atoms with Crippen molar-refractivity contribution in [3.63, 3.8) is 0 Å². The molecule has 0 atom stereocenters. The standard InChI is InChI=1S/C25H27N3O4/c1-4-27(5-2)23(29)17-28-22(16-18-9-7-6-8-10-18)24(30)26-21(25(28)31)15-19-11-13-20(32-3)14-12-19/h6-16H,4-5,17H2,1-3H3,(H,26,30). The molecule has 3 aromatic rings. The lowest BCUT2D eigenvalue weighted by molar-refractivity contribution is -0.131. The summed E-state index contributed by atoms with van der Waals surface area (Å²) in [5.74, 6) is 0.464. The highest BCUT2D eigenvalue weighted by Crippen LogP contribution is 2.11. The van der Waals surface area contributed by atoms with Crippen LogP contribution in [0.1, 0.15) is 25.0 Å². The zero-order valence-corrected chi connectivity index (χ0v) is 18.5. The molecule has 0 spiro atoms. The number of nitrogens with zero attached hydrogens (tertiary/aromatic N) is 2. The van der Waals surface area contributed by atoms with E-state index in [1.165, 1.54) is 4.57 Å². The Morgan fingerprint density at radius 1 is 0.969 bits per heavy atom. The van der Waals surface area contributed by atoms with Crippen LogP contribution in [0.4, 0.5) is 0 Å². The molecule has 0 radical (unpaired) electrons. The van der Waals surface area contributed by atoms with Gasteiger partial charge in [-0.05, 0) is 49.3 Å². The van der Waals surface area contributed by atoms with E-state index in [4.69, 9.17) is 4.74 Å². The maximum Gasteiger partial charge on any atom is 0.275 e. The topological polar surface area (TPSA) is 84.4 Å². The van der Waals surface area contributed by atoms with Gasteiger partial charge < -0.3 is 14.6 Å². The molecule has 0 aliphatic carbocycles. The average Bonchev–Trinajstić information content (AvgIpc) is 2.81. The minimum absolute atomic E-state index is 0.109. The third-order valence-electron chi connectivity index (χ3n) is 5.19. The number of carbonyl (C=O) groups excluding carboxylic acids is 1. The fourth-order valence-corrected chi connectivity index (χ4v) is 3.40. The fraction of sp³-hybridized carbons (Fsp3) is 0.240. The quantitative estimate of drug-likeness (QED) is 0.604. The monoisotopic (exact) mass is 433 g/mol. The second-order valence-corrected chi connectivity index (χ2v) is 7.18. The van der Waals surface area contributed by atoms with Gasteiger partial charge in [-0.2, -0.15) is 0 Å². The van der Waals surface area contributed by atoms with Crippen molar-refractivity contribution in [1.82, 2.24) is 14.5 Å². The van der Waals surface area contributed by atoms with Crippen molar-refractivity contribution in [2.24, 2.45) is 0 Å². The van der Waals surface area contributed by atoms with Crippen LogP contribution in [0, 0.1) is 0 Å². The molecule has 1 N–H and O–H groups in total. The van der Waals surface area contributed by atoms with Crippen LogP contribution >= 0.6 is 0 Å². The number of amides is 1. The van der Waals surface area contributed by atoms with E-state index in [0.717, 1.165) is 11.1 Å². The van der Waals surface area contributed by atoms with Gasteiger partial charge in [0.1, 0.15) is 23.0 Å². The van der Waals surface area contributed by atoms with Gasteiger partial charge in [0.25, 0.3) is 11.1 Å². The van der Waals surface area contributed by atoms with E-state index in [-0.39, 0.29) is 23.2 Å². The summed E-state index contributed by atoms with van der Waals surface area (Å²) in [6.07, 6.45) is 3.21. The number of likely N-dealkylation sites (N-methyl/N-ethyl adjacent to an activating group) is 1. The number of nitrogens with one attached hydrogen (secondary N) is 1. The van der Waals surface area contributed by atoms with E-state index in [1.54, 1.807) is 48.4 Å². The second kappa shape index (κ2) is 10.4. The Balaban J connectivity index is 2.22. The van der Waals surface area contributed by atoms with E-state index in [9.17, 15) is 14.4 Å². The molecule has 0 unspecified atom stereocenters. The molecule has 1 amide bonds. The Morgan fingerprint density at radius 2 is 1.59 bits per heavy atom. The number of benzene rings is 2. The summed E-state index contributed by atoms with van der Waals surface area (Å²) < 4.78 is 6.41. The fourth-order valence-electron chi connectivity index (χ4n) is 3.40. The summed E-state index contributed by atoms with van der Waals surface area (Å²) in [6, 6.07) is 16.3. The zero-order chi connectivity index (χ0) is 23.1. The van der Waals surface area contributed by atoms with Crippen LogP contribution in [0.15, 0.2) is 64.2 Å². The molecule has 3 rings (SSSR count). The predicted molar refractivity (Wildman–Crippen MR) is 125 cm³/mol. The molecule has 0 aliphatic heterocycles. The van der Waals surface area contributed by atoms with Crippen LogP contribution in [0.5, 0.6) is 5.75 Å². The van der Waals surface area contributed by atoms with E-state index >= 15 is 0 Å². The summed E-state index contributed by atoms with van der Waals surface area (Å²) >= 11 is 0. The van der Waals surface area contributed by atoms with E-state index in [1.807, 2.05) is 44.2 Å². The molecular weight excluding hydrogens is 406 g/mol. The number of aromatic nitrogens is 2. The van der Waals surface area contributed by atoms with Crippen LogP contribution in [0.2, 0.25) is 0 Å². The number of aromatic amines is 1. The van der Waals surface area contributed by atoms with Crippen molar-refractivity contribution in [2.75, 3.05) is 20.2 Å². The lowest BCUT2D eigenvalue weighted by atomic mass is 10.2. The summed E-state index contributed by atoms with van der Waals surface area (Å²) in [4.78, 5) is 43.4. The van der Waals surface area contributed by atoms with Crippen LogP contribution in [0.3, 0.4) is 0 Å². The first-order chi connectivity index (χ1) is 15.5. The van der Waals surface area contributed by atoms with Gasteiger partial charge in [-0.25, -0.2) is 0 Å². The molecule has 7 heteroatoms. The first-order valence-corrected chi connectivity index (χ1v) is 10.5. The van der Waals surface area contributed by atoms with Gasteiger partial charge in [0, 0.05) is 13.1 Å². The third-order valence-corrected chi connectivity index (χ3v) is 5.19. The Hall–Kier alpha value is -3.87. The maximum absolute atomic E-state index is 13.3. The molecule has 1 aromatic heterocycles. The SMILES string of the molecule is CCN(CC)C(=O)Cn1c(=O)c(=Cc2ccc(OC)cc2)[nH]c(=O)c1=Cc1ccccc1. The summed E-state index contributed by atoms with van der Waals surface area (Å²) in [7, 11) is 1.57. The molecular formula is C25H27N3O4. The molecule has 166 valence electrons. The predicted octanol–water partition coefficient (Wildman–Crippen LogP) is 1.07. The van der Waals surface area contributed by atoms with Gasteiger partial charge in [0.2, 0.25) is 5.91 Å². The number of rotatable bonds is 7. The number of carbonyl (C=O) groups is 1. The molecule has 2 aromatic carbocycles. The number of ether oxygens (including phenoxy) is 1. The summed E-state index contributed by atoms with van der Waals surface area (Å²) in [6.45, 7) is 4.59. The van der Waals surface area contributed by atoms with E-state index in [2.05, 4.69) is 4.98 Å². The molecule has 32 heavy (non-hydrogen) atoms. The van der Waals surface area contributed by atoms with Crippen molar-refractivity contribution < 1.29 is 9.53 Å². The van der Waals surface area contributed by atoms with E-state index < -0.39 is 11.1 Å². The van der Waals surface area contributed by atoms with Crippen molar-refractivity contribution in [2.45, 2.75) is 20.4 Å². The summed E-state index contributed by atoms with van der Waals surface area (Å²) in [5, 5.41) is 0.242. The molecule has 0 fully saturated rings. The van der Waals surface area contributed by atoms with Crippen LogP contribution in [-0.2, 0) is 11.3 Å². The van der Waals surface area contributed by atoms with Crippen molar-refractivity contribution in [3.05, 3.63) is 97.1 Å². The minimum Gasteiger partial charge on any atom is -0.497 e. The Bertz CT molecular complexity index is 1300. The molecule has 0 aliphatic rings. The number of hydrogen-bond donors (Lipinski definition) is 1. The highest BCUT2D eigenvalue weighted by atomic mass is 16.5. The highest BCUT2D eigenvalue weighted by Gasteiger charge is 2.14. The van der Waals surface area contributed by atoms with Gasteiger partial charge in [0.05, 0.1) is 7.11 Å². The summed E-state index contributed by atoms with van der Waals surface area (Å²) in [5.41, 5.74) is 0.594. The first-order valence-electron chi connectivity index (χ1n) is 10.5. The van der Waals surface area contributed by atoms with Crippen LogP contribution in [-0.4, -0.2) is 40.6 Å².